The number of anilines is 1. The minimum atomic E-state index is -0.586. The number of methoxy groups -OCH3 is 2. The molecule has 10 heteroatoms. The molecule has 0 unspecified atom stereocenters. The maximum absolute atomic E-state index is 12.7. The van der Waals surface area contributed by atoms with E-state index < -0.39 is 17.8 Å². The Morgan fingerprint density at radius 1 is 1.03 bits per heavy atom. The molecular formula is C21H20N4O6. The van der Waals surface area contributed by atoms with Crippen molar-refractivity contribution in [2.45, 2.75) is 13.5 Å². The number of esters is 1. The molecule has 0 saturated carbocycles. The molecule has 0 fully saturated rings. The van der Waals surface area contributed by atoms with E-state index in [0.717, 1.165) is 0 Å². The Morgan fingerprint density at radius 2 is 1.81 bits per heavy atom. The van der Waals surface area contributed by atoms with Crippen LogP contribution in [0.1, 0.15) is 42.5 Å². The van der Waals surface area contributed by atoms with Gasteiger partial charge in [0.1, 0.15) is 11.4 Å². The van der Waals surface area contributed by atoms with Crippen molar-refractivity contribution in [3.63, 3.8) is 0 Å². The largest absolute Gasteiger partial charge is 0.496 e. The van der Waals surface area contributed by atoms with Gasteiger partial charge in [-0.1, -0.05) is 17.3 Å². The predicted octanol–water partition coefficient (Wildman–Crippen LogP) is 2.36. The molecule has 0 aliphatic heterocycles. The second kappa shape index (κ2) is 9.53. The van der Waals surface area contributed by atoms with E-state index in [2.05, 4.69) is 25.6 Å². The first kappa shape index (κ1) is 21.5. The van der Waals surface area contributed by atoms with Gasteiger partial charge in [0.05, 0.1) is 25.3 Å². The number of benzene rings is 2. The summed E-state index contributed by atoms with van der Waals surface area (Å²) in [6.07, 6.45) is 0. The summed E-state index contributed by atoms with van der Waals surface area (Å²) in [5.41, 5.74) is 1.86. The van der Waals surface area contributed by atoms with Crippen LogP contribution in [0.5, 0.6) is 5.75 Å². The number of ether oxygens (including phenoxy) is 2. The van der Waals surface area contributed by atoms with Crippen LogP contribution in [0.25, 0.3) is 0 Å². The minimum absolute atomic E-state index is 0.0630. The first-order chi connectivity index (χ1) is 14.9. The lowest BCUT2D eigenvalue weighted by molar-refractivity contribution is 0.0600. The molecular weight excluding hydrogens is 404 g/mol. The Labute approximate surface area is 177 Å². The lowest BCUT2D eigenvalue weighted by Crippen LogP contribution is -2.24. The summed E-state index contributed by atoms with van der Waals surface area (Å²) in [5.74, 6) is -1.08. The van der Waals surface area contributed by atoms with Gasteiger partial charge in [0.15, 0.2) is 5.69 Å². The number of aryl methyl sites for hydroxylation is 1. The molecule has 0 bridgehead atoms. The summed E-state index contributed by atoms with van der Waals surface area (Å²) in [6, 6.07) is 11.4. The fourth-order valence-corrected chi connectivity index (χ4v) is 2.84. The Bertz CT molecular complexity index is 1120. The lowest BCUT2D eigenvalue weighted by atomic mass is 10.1. The van der Waals surface area contributed by atoms with E-state index in [1.807, 2.05) is 0 Å². The fraction of sp³-hybridized carbons (Fsp3) is 0.190. The van der Waals surface area contributed by atoms with Crippen LogP contribution in [0.3, 0.4) is 0 Å². The second-order valence-corrected chi connectivity index (χ2v) is 6.45. The number of aromatic nitrogens is 2. The normalized spacial score (nSPS) is 10.3. The van der Waals surface area contributed by atoms with Crippen molar-refractivity contribution in [1.29, 1.82) is 0 Å². The van der Waals surface area contributed by atoms with Gasteiger partial charge in [-0.05, 0) is 48.0 Å². The van der Waals surface area contributed by atoms with Gasteiger partial charge in [-0.2, -0.15) is 0 Å². The van der Waals surface area contributed by atoms with Gasteiger partial charge in [0.2, 0.25) is 0 Å². The summed E-state index contributed by atoms with van der Waals surface area (Å²) < 4.78 is 14.5. The van der Waals surface area contributed by atoms with Crippen molar-refractivity contribution in [3.8, 4) is 5.75 Å². The van der Waals surface area contributed by atoms with E-state index in [1.54, 1.807) is 43.3 Å². The maximum atomic E-state index is 12.7. The average molecular weight is 424 g/mol. The summed E-state index contributed by atoms with van der Waals surface area (Å²) in [6.45, 7) is 1.66. The molecule has 0 saturated heterocycles. The zero-order valence-corrected chi connectivity index (χ0v) is 17.1. The average Bonchev–Trinajstić information content (AvgIpc) is 3.22. The molecule has 31 heavy (non-hydrogen) atoms. The molecule has 1 aromatic heterocycles. The first-order valence-corrected chi connectivity index (χ1v) is 9.17. The predicted molar refractivity (Wildman–Crippen MR) is 109 cm³/mol. The standard InChI is InChI=1S/C21H20N4O6/c1-12-18(25-31-24-12)20(27)22-11-13-8-14(21(28)30-3)10-15(9-13)23-19(26)16-6-4-5-7-17(16)29-2/h4-10H,11H2,1-3H3,(H,22,27)(H,23,26). The Balaban J connectivity index is 1.83. The second-order valence-electron chi connectivity index (χ2n) is 6.45. The monoisotopic (exact) mass is 424 g/mol. The first-order valence-electron chi connectivity index (χ1n) is 9.17. The van der Waals surface area contributed by atoms with E-state index in [4.69, 9.17) is 9.47 Å². The van der Waals surface area contributed by atoms with Crippen molar-refractivity contribution < 1.29 is 28.5 Å². The Kier molecular flexibility index (Phi) is 6.61. The molecule has 10 nitrogen and oxygen atoms in total. The van der Waals surface area contributed by atoms with Crippen LogP contribution in [-0.4, -0.2) is 42.3 Å². The van der Waals surface area contributed by atoms with Gasteiger partial charge in [0, 0.05) is 12.2 Å². The van der Waals surface area contributed by atoms with E-state index in [0.29, 0.717) is 28.3 Å². The summed E-state index contributed by atoms with van der Waals surface area (Å²) in [7, 11) is 2.72. The molecule has 3 aromatic rings. The van der Waals surface area contributed by atoms with Crippen molar-refractivity contribution >= 4 is 23.5 Å². The Morgan fingerprint density at radius 3 is 2.48 bits per heavy atom. The molecule has 160 valence electrons. The molecule has 2 aromatic carbocycles. The van der Waals surface area contributed by atoms with Crippen LogP contribution < -0.4 is 15.4 Å². The number of hydrogen-bond donors (Lipinski definition) is 2. The highest BCUT2D eigenvalue weighted by Crippen LogP contribution is 2.21. The number of nitrogens with zero attached hydrogens (tertiary/aromatic N) is 2. The zero-order valence-electron chi connectivity index (χ0n) is 17.1. The summed E-state index contributed by atoms with van der Waals surface area (Å²) in [4.78, 5) is 37.0. The molecule has 0 atom stereocenters. The summed E-state index contributed by atoms with van der Waals surface area (Å²) in [5, 5.41) is 12.5. The van der Waals surface area contributed by atoms with Gasteiger partial charge in [-0.25, -0.2) is 9.42 Å². The molecule has 3 rings (SSSR count). The molecule has 0 spiro atoms. The zero-order chi connectivity index (χ0) is 22.4. The third-order valence-corrected chi connectivity index (χ3v) is 4.34. The van der Waals surface area contributed by atoms with Gasteiger partial charge in [-0.3, -0.25) is 9.59 Å². The highest BCUT2D eigenvalue weighted by Gasteiger charge is 2.17. The van der Waals surface area contributed by atoms with E-state index in [1.165, 1.54) is 20.3 Å². The topological polar surface area (TPSA) is 133 Å². The van der Waals surface area contributed by atoms with Gasteiger partial charge in [0.25, 0.3) is 11.8 Å². The number of amides is 2. The van der Waals surface area contributed by atoms with Crippen molar-refractivity contribution in [1.82, 2.24) is 15.6 Å². The number of para-hydroxylation sites is 1. The molecule has 0 aliphatic carbocycles. The van der Waals surface area contributed by atoms with E-state index in [9.17, 15) is 14.4 Å². The third kappa shape index (κ3) is 5.04. The number of carbonyl (C=O) groups excluding carboxylic acids is 3. The third-order valence-electron chi connectivity index (χ3n) is 4.34. The van der Waals surface area contributed by atoms with Crippen molar-refractivity contribution in [2.75, 3.05) is 19.5 Å². The SMILES string of the molecule is COC(=O)c1cc(CNC(=O)c2nonc2C)cc(NC(=O)c2ccccc2OC)c1. The molecule has 0 radical (unpaired) electrons. The van der Waals surface area contributed by atoms with E-state index in [-0.39, 0.29) is 17.8 Å². The van der Waals surface area contributed by atoms with Crippen LogP contribution in [0.2, 0.25) is 0 Å². The summed E-state index contributed by atoms with van der Waals surface area (Å²) >= 11 is 0. The van der Waals surface area contributed by atoms with Gasteiger partial charge < -0.3 is 20.1 Å². The molecule has 1 heterocycles. The van der Waals surface area contributed by atoms with Crippen molar-refractivity contribution in [3.05, 3.63) is 70.5 Å². The highest BCUT2D eigenvalue weighted by molar-refractivity contribution is 6.06. The molecule has 2 amide bonds. The van der Waals surface area contributed by atoms with Crippen molar-refractivity contribution in [2.24, 2.45) is 0 Å². The number of rotatable bonds is 7. The van der Waals surface area contributed by atoms with Gasteiger partial charge >= 0.3 is 5.97 Å². The fourth-order valence-electron chi connectivity index (χ4n) is 2.84. The quantitative estimate of drug-likeness (QED) is 0.552. The molecule has 0 aliphatic rings. The van der Waals surface area contributed by atoms with Gasteiger partial charge in [-0.15, -0.1) is 0 Å². The van der Waals surface area contributed by atoms with Crippen LogP contribution in [0.4, 0.5) is 5.69 Å². The highest BCUT2D eigenvalue weighted by atomic mass is 16.6. The minimum Gasteiger partial charge on any atom is -0.496 e. The van der Waals surface area contributed by atoms with Crippen LogP contribution in [0, 0.1) is 6.92 Å². The van der Waals surface area contributed by atoms with Crippen LogP contribution >= 0.6 is 0 Å². The number of hydrogen-bond acceptors (Lipinski definition) is 8. The van der Waals surface area contributed by atoms with Crippen LogP contribution in [0.15, 0.2) is 47.1 Å². The smallest absolute Gasteiger partial charge is 0.337 e. The maximum Gasteiger partial charge on any atom is 0.337 e. The molecule has 2 N–H and O–H groups in total. The lowest BCUT2D eigenvalue weighted by Gasteiger charge is -2.12. The number of carbonyl (C=O) groups is 3. The number of nitrogens with one attached hydrogen (secondary N) is 2. The Hall–Kier alpha value is -4.21. The van der Waals surface area contributed by atoms with Crippen LogP contribution in [-0.2, 0) is 11.3 Å². The van der Waals surface area contributed by atoms with E-state index >= 15 is 0 Å².